The number of likely N-dealkylation sites (N-methyl/N-ethyl adjacent to an activating group) is 1. The van der Waals surface area contributed by atoms with Crippen LogP contribution in [0.1, 0.15) is 23.1 Å². The van der Waals surface area contributed by atoms with Crippen LogP contribution in [0.3, 0.4) is 0 Å². The zero-order valence-corrected chi connectivity index (χ0v) is 17.3. The normalized spacial score (nSPS) is 18.5. The lowest BCUT2D eigenvalue weighted by Crippen LogP contribution is -2.36. The maximum atomic E-state index is 12.3. The Kier molecular flexibility index (Phi) is 6.74. The average molecular weight is 399 g/mol. The lowest BCUT2D eigenvalue weighted by molar-refractivity contribution is -0.131. The molecule has 0 bridgehead atoms. The Labute approximate surface area is 159 Å². The Bertz CT molecular complexity index is 782. The highest BCUT2D eigenvalue weighted by Crippen LogP contribution is 2.24. The number of carbonyl (C=O) groups excluding carboxylic acids is 2. The second kappa shape index (κ2) is 8.43. The van der Waals surface area contributed by atoms with Gasteiger partial charge in [0.15, 0.2) is 9.84 Å². The Morgan fingerprint density at radius 2 is 1.85 bits per heavy atom. The summed E-state index contributed by atoms with van der Waals surface area (Å²) in [6.45, 7) is 5.86. The van der Waals surface area contributed by atoms with E-state index in [1.54, 1.807) is 7.05 Å². The van der Waals surface area contributed by atoms with Crippen LogP contribution in [-0.2, 0) is 19.4 Å². The predicted molar refractivity (Wildman–Crippen MR) is 106 cm³/mol. The number of sulfone groups is 1. The number of anilines is 1. The highest BCUT2D eigenvalue weighted by Gasteiger charge is 2.29. The fourth-order valence-corrected chi connectivity index (χ4v) is 6.63. The van der Waals surface area contributed by atoms with E-state index in [1.165, 1.54) is 16.7 Å². The molecule has 1 aliphatic rings. The van der Waals surface area contributed by atoms with E-state index in [9.17, 15) is 18.0 Å². The van der Waals surface area contributed by atoms with Crippen molar-refractivity contribution in [3.05, 3.63) is 28.8 Å². The van der Waals surface area contributed by atoms with Crippen LogP contribution in [0, 0.1) is 20.8 Å². The van der Waals surface area contributed by atoms with E-state index >= 15 is 0 Å². The number of nitrogens with zero attached hydrogens (tertiary/aromatic N) is 1. The Balaban J connectivity index is 1.84. The first-order valence-electron chi connectivity index (χ1n) is 8.51. The quantitative estimate of drug-likeness (QED) is 0.792. The summed E-state index contributed by atoms with van der Waals surface area (Å²) in [5, 5.41) is 2.86. The summed E-state index contributed by atoms with van der Waals surface area (Å²) in [5.41, 5.74) is 3.90. The molecule has 2 rings (SSSR count). The van der Waals surface area contributed by atoms with Crippen LogP contribution in [0.15, 0.2) is 12.1 Å². The SMILES string of the molecule is Cc1cc(C)c(NC(=O)CN(C)C(=O)CS[C@H]2CCS(=O)(=O)C2)c(C)c1. The molecule has 1 aromatic rings. The molecule has 1 atom stereocenters. The summed E-state index contributed by atoms with van der Waals surface area (Å²) >= 11 is 1.36. The van der Waals surface area contributed by atoms with Gasteiger partial charge in [-0.15, -0.1) is 11.8 Å². The molecule has 26 heavy (non-hydrogen) atoms. The molecule has 0 aliphatic carbocycles. The van der Waals surface area contributed by atoms with Gasteiger partial charge in [-0.25, -0.2) is 8.42 Å². The van der Waals surface area contributed by atoms with E-state index < -0.39 is 9.84 Å². The van der Waals surface area contributed by atoms with Gasteiger partial charge in [-0.2, -0.15) is 0 Å². The predicted octanol–water partition coefficient (Wildman–Crippen LogP) is 1.93. The van der Waals surface area contributed by atoms with Gasteiger partial charge in [0, 0.05) is 18.0 Å². The summed E-state index contributed by atoms with van der Waals surface area (Å²) in [4.78, 5) is 25.9. The summed E-state index contributed by atoms with van der Waals surface area (Å²) in [6.07, 6.45) is 0.594. The number of aryl methyl sites for hydroxylation is 3. The number of carbonyl (C=O) groups is 2. The molecule has 0 radical (unpaired) electrons. The van der Waals surface area contributed by atoms with Gasteiger partial charge < -0.3 is 10.2 Å². The lowest BCUT2D eigenvalue weighted by Gasteiger charge is -2.19. The molecule has 0 unspecified atom stereocenters. The van der Waals surface area contributed by atoms with E-state index in [0.717, 1.165) is 22.4 Å². The van der Waals surface area contributed by atoms with E-state index in [4.69, 9.17) is 0 Å². The zero-order valence-electron chi connectivity index (χ0n) is 15.7. The van der Waals surface area contributed by atoms with Crippen molar-refractivity contribution in [1.82, 2.24) is 4.90 Å². The van der Waals surface area contributed by atoms with Crippen LogP contribution in [0.2, 0.25) is 0 Å². The van der Waals surface area contributed by atoms with Gasteiger partial charge in [0.25, 0.3) is 0 Å². The zero-order chi connectivity index (χ0) is 19.5. The molecule has 1 aliphatic heterocycles. The first-order valence-corrected chi connectivity index (χ1v) is 11.4. The molecule has 1 N–H and O–H groups in total. The van der Waals surface area contributed by atoms with Gasteiger partial charge in [0.05, 0.1) is 23.8 Å². The van der Waals surface area contributed by atoms with Gasteiger partial charge in [0.2, 0.25) is 11.8 Å². The number of hydrogen-bond donors (Lipinski definition) is 1. The minimum absolute atomic E-state index is 0.0240. The number of thioether (sulfide) groups is 1. The first kappa shape index (κ1) is 20.8. The maximum absolute atomic E-state index is 12.3. The molecular weight excluding hydrogens is 372 g/mol. The second-order valence-electron chi connectivity index (χ2n) is 6.91. The monoisotopic (exact) mass is 398 g/mol. The third kappa shape index (κ3) is 5.74. The van der Waals surface area contributed by atoms with Crippen molar-refractivity contribution < 1.29 is 18.0 Å². The van der Waals surface area contributed by atoms with Crippen molar-refractivity contribution in [3.63, 3.8) is 0 Å². The Morgan fingerprint density at radius 1 is 1.23 bits per heavy atom. The fraction of sp³-hybridized carbons (Fsp3) is 0.556. The topological polar surface area (TPSA) is 83.6 Å². The summed E-state index contributed by atoms with van der Waals surface area (Å²) in [7, 11) is -1.35. The van der Waals surface area contributed by atoms with Crippen molar-refractivity contribution >= 4 is 39.1 Å². The first-order chi connectivity index (χ1) is 12.1. The van der Waals surface area contributed by atoms with Crippen molar-refractivity contribution in [2.75, 3.05) is 36.2 Å². The van der Waals surface area contributed by atoms with Crippen LogP contribution in [0.4, 0.5) is 5.69 Å². The van der Waals surface area contributed by atoms with Crippen molar-refractivity contribution in [2.24, 2.45) is 0 Å². The van der Waals surface area contributed by atoms with Gasteiger partial charge in [-0.3, -0.25) is 9.59 Å². The van der Waals surface area contributed by atoms with Gasteiger partial charge in [0.1, 0.15) is 0 Å². The summed E-state index contributed by atoms with van der Waals surface area (Å²) in [6, 6.07) is 4.01. The second-order valence-corrected chi connectivity index (χ2v) is 10.4. The standard InChI is InChI=1S/C18H26N2O4S2/c1-12-7-13(2)18(14(3)8-12)19-16(21)9-20(4)17(22)10-25-15-5-6-26(23,24)11-15/h7-8,15H,5-6,9-11H2,1-4H3,(H,19,21)/t15-/m0/s1. The molecule has 1 fully saturated rings. The van der Waals surface area contributed by atoms with Gasteiger partial charge in [-0.1, -0.05) is 17.7 Å². The summed E-state index contributed by atoms with van der Waals surface area (Å²) in [5.74, 6) is 0.108. The third-order valence-corrected chi connectivity index (χ3v) is 7.65. The minimum Gasteiger partial charge on any atom is -0.336 e. The summed E-state index contributed by atoms with van der Waals surface area (Å²) < 4.78 is 22.9. The molecule has 1 heterocycles. The number of benzene rings is 1. The Morgan fingerprint density at radius 3 is 2.38 bits per heavy atom. The smallest absolute Gasteiger partial charge is 0.243 e. The van der Waals surface area contributed by atoms with Gasteiger partial charge >= 0.3 is 0 Å². The largest absolute Gasteiger partial charge is 0.336 e. The van der Waals surface area contributed by atoms with Crippen LogP contribution >= 0.6 is 11.8 Å². The molecule has 0 spiro atoms. The molecule has 0 aromatic heterocycles. The highest BCUT2D eigenvalue weighted by atomic mass is 32.2. The van der Waals surface area contributed by atoms with Crippen molar-refractivity contribution in [3.8, 4) is 0 Å². The maximum Gasteiger partial charge on any atom is 0.243 e. The van der Waals surface area contributed by atoms with E-state index in [-0.39, 0.29) is 40.9 Å². The fourth-order valence-electron chi connectivity index (χ4n) is 3.05. The molecule has 144 valence electrons. The van der Waals surface area contributed by atoms with Crippen LogP contribution in [-0.4, -0.2) is 61.2 Å². The molecular formula is C18H26N2O4S2. The number of rotatable bonds is 6. The van der Waals surface area contributed by atoms with Crippen molar-refractivity contribution in [1.29, 1.82) is 0 Å². The molecule has 1 saturated heterocycles. The molecule has 1 aromatic carbocycles. The number of hydrogen-bond acceptors (Lipinski definition) is 5. The van der Waals surface area contributed by atoms with Crippen LogP contribution in [0.25, 0.3) is 0 Å². The van der Waals surface area contributed by atoms with E-state index in [2.05, 4.69) is 5.32 Å². The van der Waals surface area contributed by atoms with E-state index in [0.29, 0.717) is 6.42 Å². The van der Waals surface area contributed by atoms with E-state index in [1.807, 2.05) is 32.9 Å². The van der Waals surface area contributed by atoms with Gasteiger partial charge in [-0.05, 0) is 38.3 Å². The molecule has 8 heteroatoms. The highest BCUT2D eigenvalue weighted by molar-refractivity contribution is 8.02. The average Bonchev–Trinajstić information content (AvgIpc) is 2.87. The minimum atomic E-state index is -2.94. The van der Waals surface area contributed by atoms with Crippen molar-refractivity contribution in [2.45, 2.75) is 32.4 Å². The number of nitrogens with one attached hydrogen (secondary N) is 1. The molecule has 6 nitrogen and oxygen atoms in total. The molecule has 0 saturated carbocycles. The Hall–Kier alpha value is -1.54. The van der Waals surface area contributed by atoms with Crippen LogP contribution in [0.5, 0.6) is 0 Å². The number of amides is 2. The lowest BCUT2D eigenvalue weighted by atomic mass is 10.1. The van der Waals surface area contributed by atoms with Crippen LogP contribution < -0.4 is 5.32 Å². The third-order valence-electron chi connectivity index (χ3n) is 4.38. The molecule has 2 amide bonds.